The molecule has 0 saturated carbocycles. The monoisotopic (exact) mass is 322 g/mol. The fourth-order valence-corrected chi connectivity index (χ4v) is 2.73. The van der Waals surface area contributed by atoms with Crippen molar-refractivity contribution in [1.29, 1.82) is 0 Å². The highest BCUT2D eigenvalue weighted by atomic mass is 16.1. The Bertz CT molecular complexity index is 797. The van der Waals surface area contributed by atoms with Crippen molar-refractivity contribution >= 4 is 22.5 Å². The zero-order chi connectivity index (χ0) is 16.8. The second kappa shape index (κ2) is 7.75. The van der Waals surface area contributed by atoms with Crippen molar-refractivity contribution < 1.29 is 4.79 Å². The van der Waals surface area contributed by atoms with Crippen LogP contribution in [0.25, 0.3) is 10.9 Å². The van der Waals surface area contributed by atoms with Gasteiger partial charge in [0.05, 0.1) is 11.7 Å². The number of anilines is 1. The van der Waals surface area contributed by atoms with Crippen molar-refractivity contribution in [2.45, 2.75) is 19.4 Å². The maximum Gasteiger partial charge on any atom is 0.224 e. The summed E-state index contributed by atoms with van der Waals surface area (Å²) >= 11 is 0. The molecule has 0 unspecified atom stereocenters. The number of carbonyl (C=O) groups excluding carboxylic acids is 1. The Kier molecular flexibility index (Phi) is 5.23. The number of aromatic amines is 1. The van der Waals surface area contributed by atoms with Crippen molar-refractivity contribution in [3.8, 4) is 0 Å². The van der Waals surface area contributed by atoms with Crippen LogP contribution in [-0.2, 0) is 11.3 Å². The van der Waals surface area contributed by atoms with Gasteiger partial charge in [-0.25, -0.2) is 0 Å². The van der Waals surface area contributed by atoms with Gasteiger partial charge in [-0.15, -0.1) is 0 Å². The quantitative estimate of drug-likeness (QED) is 0.701. The van der Waals surface area contributed by atoms with Crippen LogP contribution in [0.4, 0.5) is 5.69 Å². The maximum absolute atomic E-state index is 12.1. The average molecular weight is 322 g/mol. The number of benzene rings is 2. The summed E-state index contributed by atoms with van der Waals surface area (Å²) in [5.74, 6) is 0.0472. The lowest BCUT2D eigenvalue weighted by molar-refractivity contribution is -0.116. The maximum atomic E-state index is 12.1. The predicted octanol–water partition coefficient (Wildman–Crippen LogP) is 3.41. The van der Waals surface area contributed by atoms with E-state index in [0.29, 0.717) is 6.42 Å². The molecule has 5 nitrogen and oxygen atoms in total. The topological polar surface area (TPSA) is 61.0 Å². The van der Waals surface area contributed by atoms with Gasteiger partial charge in [0.1, 0.15) is 0 Å². The molecular formula is C19H22N4O. The minimum atomic E-state index is 0.0472. The summed E-state index contributed by atoms with van der Waals surface area (Å²) < 4.78 is 0. The number of nitrogens with zero attached hydrogens (tertiary/aromatic N) is 2. The summed E-state index contributed by atoms with van der Waals surface area (Å²) in [5.41, 5.74) is 3.07. The van der Waals surface area contributed by atoms with Gasteiger partial charge in [-0.05, 0) is 43.8 Å². The smallest absolute Gasteiger partial charge is 0.224 e. The van der Waals surface area contributed by atoms with Crippen LogP contribution < -0.4 is 5.32 Å². The van der Waals surface area contributed by atoms with Gasteiger partial charge in [0, 0.05) is 24.0 Å². The molecule has 1 heterocycles. The number of hydrogen-bond donors (Lipinski definition) is 2. The van der Waals surface area contributed by atoms with E-state index in [1.54, 1.807) is 6.20 Å². The van der Waals surface area contributed by atoms with E-state index < -0.39 is 0 Å². The normalized spacial score (nSPS) is 11.1. The molecule has 0 aliphatic rings. The first-order valence-corrected chi connectivity index (χ1v) is 8.16. The van der Waals surface area contributed by atoms with E-state index in [9.17, 15) is 4.79 Å². The highest BCUT2D eigenvalue weighted by Gasteiger charge is 2.06. The Hall–Kier alpha value is -2.66. The SMILES string of the molecule is CN(CCCC(=O)Nc1ccc2[nH]ncc2c1)Cc1ccccc1. The molecule has 0 aliphatic heterocycles. The summed E-state index contributed by atoms with van der Waals surface area (Å²) in [7, 11) is 2.08. The molecule has 0 radical (unpaired) electrons. The van der Waals surface area contributed by atoms with Crippen LogP contribution >= 0.6 is 0 Å². The number of fused-ring (bicyclic) bond motifs is 1. The fraction of sp³-hybridized carbons (Fsp3) is 0.263. The highest BCUT2D eigenvalue weighted by Crippen LogP contribution is 2.17. The van der Waals surface area contributed by atoms with E-state index in [1.165, 1.54) is 5.56 Å². The number of carbonyl (C=O) groups is 1. The predicted molar refractivity (Wildman–Crippen MR) is 96.7 cm³/mol. The van der Waals surface area contributed by atoms with Gasteiger partial charge in [0.2, 0.25) is 5.91 Å². The zero-order valence-electron chi connectivity index (χ0n) is 13.8. The van der Waals surface area contributed by atoms with Gasteiger partial charge < -0.3 is 10.2 Å². The molecule has 1 amide bonds. The van der Waals surface area contributed by atoms with E-state index in [-0.39, 0.29) is 5.91 Å². The first kappa shape index (κ1) is 16.2. The molecule has 0 fully saturated rings. The van der Waals surface area contributed by atoms with E-state index >= 15 is 0 Å². The first-order chi connectivity index (χ1) is 11.7. The number of rotatable bonds is 7. The molecule has 0 bridgehead atoms. The molecule has 3 rings (SSSR count). The van der Waals surface area contributed by atoms with Crippen molar-refractivity contribution in [3.63, 3.8) is 0 Å². The first-order valence-electron chi connectivity index (χ1n) is 8.16. The number of H-pyrrole nitrogens is 1. The zero-order valence-corrected chi connectivity index (χ0v) is 13.8. The fourth-order valence-electron chi connectivity index (χ4n) is 2.73. The molecule has 5 heteroatoms. The summed E-state index contributed by atoms with van der Waals surface area (Å²) in [6.07, 6.45) is 3.11. The third-order valence-electron chi connectivity index (χ3n) is 3.96. The molecule has 3 aromatic rings. The highest BCUT2D eigenvalue weighted by molar-refractivity contribution is 5.93. The standard InChI is InChI=1S/C19H22N4O/c1-23(14-15-6-3-2-4-7-15)11-5-8-19(24)21-17-9-10-18-16(12-17)13-20-22-18/h2-4,6-7,9-10,12-13H,5,8,11,14H2,1H3,(H,20,22)(H,21,24). The van der Waals surface area contributed by atoms with Crippen LogP contribution in [0, 0.1) is 0 Å². The molecule has 0 aliphatic carbocycles. The molecule has 0 atom stereocenters. The van der Waals surface area contributed by atoms with Crippen molar-refractivity contribution in [2.24, 2.45) is 0 Å². The Morgan fingerprint density at radius 3 is 2.88 bits per heavy atom. The van der Waals surface area contributed by atoms with Gasteiger partial charge in [-0.1, -0.05) is 30.3 Å². The van der Waals surface area contributed by atoms with Crippen molar-refractivity contribution in [1.82, 2.24) is 15.1 Å². The number of amides is 1. The largest absolute Gasteiger partial charge is 0.326 e. The van der Waals surface area contributed by atoms with Crippen LogP contribution in [-0.4, -0.2) is 34.6 Å². The summed E-state index contributed by atoms with van der Waals surface area (Å²) in [6, 6.07) is 16.1. The Morgan fingerprint density at radius 1 is 1.21 bits per heavy atom. The van der Waals surface area contributed by atoms with Gasteiger partial charge >= 0.3 is 0 Å². The second-order valence-electron chi connectivity index (χ2n) is 6.05. The van der Waals surface area contributed by atoms with Crippen LogP contribution in [0.2, 0.25) is 0 Å². The molecule has 2 N–H and O–H groups in total. The van der Waals surface area contributed by atoms with Crippen molar-refractivity contribution in [2.75, 3.05) is 18.9 Å². The van der Waals surface area contributed by atoms with Gasteiger partial charge in [-0.3, -0.25) is 9.89 Å². The van der Waals surface area contributed by atoms with Crippen LogP contribution in [0.3, 0.4) is 0 Å². The molecule has 1 aromatic heterocycles. The Labute approximate surface area is 141 Å². The number of hydrogen-bond acceptors (Lipinski definition) is 3. The molecule has 124 valence electrons. The third-order valence-corrected chi connectivity index (χ3v) is 3.96. The third kappa shape index (κ3) is 4.43. The van der Waals surface area contributed by atoms with E-state index in [4.69, 9.17) is 0 Å². The molecule has 0 saturated heterocycles. The lowest BCUT2D eigenvalue weighted by Gasteiger charge is -2.16. The average Bonchev–Trinajstić information content (AvgIpc) is 3.03. The van der Waals surface area contributed by atoms with Crippen LogP contribution in [0.5, 0.6) is 0 Å². The van der Waals surface area contributed by atoms with Gasteiger partial charge in [0.25, 0.3) is 0 Å². The molecular weight excluding hydrogens is 300 g/mol. The van der Waals surface area contributed by atoms with Gasteiger partial charge in [-0.2, -0.15) is 5.10 Å². The van der Waals surface area contributed by atoms with E-state index in [2.05, 4.69) is 39.6 Å². The number of aromatic nitrogens is 2. The summed E-state index contributed by atoms with van der Waals surface area (Å²) in [4.78, 5) is 14.3. The number of nitrogens with one attached hydrogen (secondary N) is 2. The van der Waals surface area contributed by atoms with E-state index in [0.717, 1.165) is 36.1 Å². The molecule has 24 heavy (non-hydrogen) atoms. The molecule has 2 aromatic carbocycles. The Balaban J connectivity index is 1.42. The lowest BCUT2D eigenvalue weighted by Crippen LogP contribution is -2.21. The molecule has 0 spiro atoms. The minimum absolute atomic E-state index is 0.0472. The van der Waals surface area contributed by atoms with Crippen molar-refractivity contribution in [3.05, 3.63) is 60.3 Å². The van der Waals surface area contributed by atoms with Gasteiger partial charge in [0.15, 0.2) is 0 Å². The van der Waals surface area contributed by atoms with Crippen LogP contribution in [0.15, 0.2) is 54.7 Å². The summed E-state index contributed by atoms with van der Waals surface area (Å²) in [6.45, 7) is 1.79. The summed E-state index contributed by atoms with van der Waals surface area (Å²) in [5, 5.41) is 10.8. The van der Waals surface area contributed by atoms with Crippen LogP contribution in [0.1, 0.15) is 18.4 Å². The van der Waals surface area contributed by atoms with E-state index in [1.807, 2.05) is 36.4 Å². The lowest BCUT2D eigenvalue weighted by atomic mass is 10.2. The second-order valence-corrected chi connectivity index (χ2v) is 6.05. The Morgan fingerprint density at radius 2 is 2.04 bits per heavy atom. The minimum Gasteiger partial charge on any atom is -0.326 e.